The number of fused-ring (bicyclic) bond motifs is 1. The van der Waals surface area contributed by atoms with Crippen LogP contribution in [0.3, 0.4) is 0 Å². The molecule has 0 fully saturated rings. The van der Waals surface area contributed by atoms with Crippen LogP contribution in [0.5, 0.6) is 0 Å². The van der Waals surface area contributed by atoms with Crippen molar-refractivity contribution in [2.75, 3.05) is 13.7 Å². The Balaban J connectivity index is 0.00000120. The maximum Gasteiger partial charge on any atom is 0.0894 e. The zero-order valence-corrected chi connectivity index (χ0v) is 10.0. The van der Waals surface area contributed by atoms with Crippen molar-refractivity contribution in [1.82, 2.24) is 9.80 Å². The molecule has 0 unspecified atom stereocenters. The molecular weight excluding hydrogens is 220 g/mol. The fourth-order valence-corrected chi connectivity index (χ4v) is 2.34. The minimum absolute atomic E-state index is 0. The predicted octanol–water partition coefficient (Wildman–Crippen LogP) is 3.65. The lowest BCUT2D eigenvalue weighted by Crippen LogP contribution is -2.21. The largest absolute Gasteiger partial charge is 0.362 e. The summed E-state index contributed by atoms with van der Waals surface area (Å²) >= 11 is 0. The van der Waals surface area contributed by atoms with Crippen molar-refractivity contribution >= 4 is 10.8 Å². The molecule has 2 heteroatoms. The average molecular weight is 240 g/mol. The van der Waals surface area contributed by atoms with Gasteiger partial charge < -0.3 is 9.80 Å². The fraction of sp³-hybridized carbons (Fsp3) is 0.250. The van der Waals surface area contributed by atoms with Gasteiger partial charge in [-0.25, -0.2) is 0 Å². The summed E-state index contributed by atoms with van der Waals surface area (Å²) in [5, 5.41) is 2.68. The zero-order chi connectivity index (χ0) is 11.7. The maximum atomic E-state index is 2.32. The molecule has 1 aliphatic rings. The van der Waals surface area contributed by atoms with Gasteiger partial charge in [0.1, 0.15) is 0 Å². The van der Waals surface area contributed by atoms with E-state index in [1.54, 1.807) is 0 Å². The number of rotatable bonds is 2. The summed E-state index contributed by atoms with van der Waals surface area (Å²) in [5.41, 5.74) is 1.39. The molecule has 1 aliphatic heterocycles. The van der Waals surface area contributed by atoms with Crippen LogP contribution in [0.15, 0.2) is 54.9 Å². The van der Waals surface area contributed by atoms with Crippen molar-refractivity contribution in [3.05, 3.63) is 60.4 Å². The van der Waals surface area contributed by atoms with E-state index >= 15 is 0 Å². The lowest BCUT2D eigenvalue weighted by atomic mass is 10.0. The van der Waals surface area contributed by atoms with Crippen LogP contribution in [-0.4, -0.2) is 23.5 Å². The first-order valence-electron chi connectivity index (χ1n) is 5.92. The normalized spacial score (nSPS) is 14.1. The Morgan fingerprint density at radius 1 is 1.00 bits per heavy atom. The smallest absolute Gasteiger partial charge is 0.0894 e. The molecule has 3 rings (SSSR count). The van der Waals surface area contributed by atoms with Gasteiger partial charge in [0.15, 0.2) is 0 Å². The Morgan fingerprint density at radius 2 is 1.78 bits per heavy atom. The molecule has 0 N–H and O–H groups in total. The van der Waals surface area contributed by atoms with E-state index in [4.69, 9.17) is 0 Å². The minimum Gasteiger partial charge on any atom is -0.362 e. The van der Waals surface area contributed by atoms with Gasteiger partial charge in [-0.2, -0.15) is 0 Å². The highest BCUT2D eigenvalue weighted by atomic mass is 15.3. The lowest BCUT2D eigenvalue weighted by molar-refractivity contribution is 0.291. The van der Waals surface area contributed by atoms with Gasteiger partial charge in [-0.05, 0) is 16.3 Å². The minimum atomic E-state index is 0. The molecule has 0 radical (unpaired) electrons. The molecule has 18 heavy (non-hydrogen) atoms. The van der Waals surface area contributed by atoms with Crippen LogP contribution in [0.25, 0.3) is 10.8 Å². The number of nitrogens with zero attached hydrogens (tertiary/aromatic N) is 2. The summed E-state index contributed by atoms with van der Waals surface area (Å²) < 4.78 is 0. The van der Waals surface area contributed by atoms with E-state index < -0.39 is 0 Å². The lowest BCUT2D eigenvalue weighted by Gasteiger charge is -2.19. The van der Waals surface area contributed by atoms with Crippen LogP contribution < -0.4 is 0 Å². The second-order valence-electron chi connectivity index (χ2n) is 4.58. The van der Waals surface area contributed by atoms with E-state index in [0.717, 1.165) is 13.2 Å². The maximum absolute atomic E-state index is 2.32. The Hall–Kier alpha value is -1.96. The van der Waals surface area contributed by atoms with E-state index in [2.05, 4.69) is 71.7 Å². The van der Waals surface area contributed by atoms with E-state index in [-0.39, 0.29) is 7.43 Å². The highest BCUT2D eigenvalue weighted by molar-refractivity contribution is 5.85. The molecule has 0 aliphatic carbocycles. The van der Waals surface area contributed by atoms with Crippen molar-refractivity contribution in [3.8, 4) is 0 Å². The summed E-state index contributed by atoms with van der Waals surface area (Å²) in [6.07, 6.45) is 4.27. The molecule has 94 valence electrons. The van der Waals surface area contributed by atoms with Gasteiger partial charge in [0.05, 0.1) is 6.67 Å². The molecule has 0 spiro atoms. The monoisotopic (exact) mass is 240 g/mol. The van der Waals surface area contributed by atoms with E-state index in [0.29, 0.717) is 0 Å². The third-order valence-electron chi connectivity index (χ3n) is 3.19. The van der Waals surface area contributed by atoms with Crippen molar-refractivity contribution in [2.45, 2.75) is 14.0 Å². The molecule has 0 amide bonds. The first kappa shape index (κ1) is 12.5. The summed E-state index contributed by atoms with van der Waals surface area (Å²) in [6.45, 7) is 1.95. The van der Waals surface area contributed by atoms with Gasteiger partial charge >= 0.3 is 0 Å². The summed E-state index contributed by atoms with van der Waals surface area (Å²) in [7, 11) is 2.10. The first-order chi connectivity index (χ1) is 8.33. The van der Waals surface area contributed by atoms with Gasteiger partial charge in [0, 0.05) is 26.0 Å². The molecule has 0 aromatic heterocycles. The van der Waals surface area contributed by atoms with Gasteiger partial charge in [-0.15, -0.1) is 0 Å². The van der Waals surface area contributed by atoms with E-state index in [9.17, 15) is 0 Å². The Morgan fingerprint density at radius 3 is 2.56 bits per heavy atom. The zero-order valence-electron chi connectivity index (χ0n) is 10.0. The standard InChI is InChI=1S/C15H16N2.CH4/c1-16-9-10-17(12-16)11-14-7-4-6-13-5-2-3-8-15(13)14;/h2-10H,11-12H2,1H3;1H4. The van der Waals surface area contributed by atoms with Crippen LogP contribution in [0, 0.1) is 0 Å². The molecule has 2 aromatic rings. The van der Waals surface area contributed by atoms with Crippen molar-refractivity contribution < 1.29 is 0 Å². The predicted molar refractivity (Wildman–Crippen MR) is 78.0 cm³/mol. The van der Waals surface area contributed by atoms with Crippen molar-refractivity contribution in [1.29, 1.82) is 0 Å². The third kappa shape index (κ3) is 2.33. The molecule has 2 nitrogen and oxygen atoms in total. The number of hydrogen-bond acceptors (Lipinski definition) is 2. The molecule has 0 saturated heterocycles. The Bertz CT molecular complexity index is 555. The first-order valence-corrected chi connectivity index (χ1v) is 5.92. The summed E-state index contributed by atoms with van der Waals surface area (Å²) in [6, 6.07) is 15.1. The SMILES string of the molecule is C.CN1C=CN(Cc2cccc3ccccc23)C1. The van der Waals surface area contributed by atoms with Crippen LogP contribution in [0.4, 0.5) is 0 Å². The molecular formula is C16H20N2. The van der Waals surface area contributed by atoms with E-state index in [1.807, 2.05) is 0 Å². The van der Waals surface area contributed by atoms with Crippen LogP contribution >= 0.6 is 0 Å². The highest BCUT2D eigenvalue weighted by Crippen LogP contribution is 2.21. The highest BCUT2D eigenvalue weighted by Gasteiger charge is 2.10. The summed E-state index contributed by atoms with van der Waals surface area (Å²) in [5.74, 6) is 0. The van der Waals surface area contributed by atoms with Crippen LogP contribution in [-0.2, 0) is 6.54 Å². The Kier molecular flexibility index (Phi) is 3.56. The van der Waals surface area contributed by atoms with Crippen LogP contribution in [0.2, 0.25) is 0 Å². The second-order valence-corrected chi connectivity index (χ2v) is 4.58. The molecule has 0 saturated carbocycles. The van der Waals surface area contributed by atoms with Gasteiger partial charge in [0.25, 0.3) is 0 Å². The van der Waals surface area contributed by atoms with Crippen molar-refractivity contribution in [2.24, 2.45) is 0 Å². The second kappa shape index (κ2) is 5.13. The fourth-order valence-electron chi connectivity index (χ4n) is 2.34. The van der Waals surface area contributed by atoms with Gasteiger partial charge in [-0.1, -0.05) is 49.9 Å². The van der Waals surface area contributed by atoms with E-state index in [1.165, 1.54) is 16.3 Å². The summed E-state index contributed by atoms with van der Waals surface area (Å²) in [4.78, 5) is 4.51. The topological polar surface area (TPSA) is 6.48 Å². The average Bonchev–Trinajstić information content (AvgIpc) is 2.75. The Labute approximate surface area is 109 Å². The molecule has 1 heterocycles. The molecule has 2 aromatic carbocycles. The quantitative estimate of drug-likeness (QED) is 0.790. The number of hydrogen-bond donors (Lipinski definition) is 0. The molecule has 0 atom stereocenters. The van der Waals surface area contributed by atoms with Crippen LogP contribution in [0.1, 0.15) is 13.0 Å². The van der Waals surface area contributed by atoms with Gasteiger partial charge in [-0.3, -0.25) is 0 Å². The van der Waals surface area contributed by atoms with Crippen molar-refractivity contribution in [3.63, 3.8) is 0 Å². The molecule has 0 bridgehead atoms. The third-order valence-corrected chi connectivity index (χ3v) is 3.19. The van der Waals surface area contributed by atoms with Gasteiger partial charge in [0.2, 0.25) is 0 Å². The number of benzene rings is 2.